The standard InChI is InChI=1S/C24H21F4N5O3S/c1-15(16-5-8-18(25)9-6-16)36-21-12-17(7-10-19(21)33-37(34,35)14-24(26,27)28)20-13-23(32-31-20)30-22-4-2-3-11-29-22/h2-13,15,33H,14H2,1H3,(H2,29,30,31,32)/t15-/m0/s1. The fourth-order valence-corrected chi connectivity index (χ4v) is 4.39. The second-order valence-electron chi connectivity index (χ2n) is 8.01. The highest BCUT2D eigenvalue weighted by molar-refractivity contribution is 7.92. The highest BCUT2D eigenvalue weighted by Crippen LogP contribution is 2.35. The summed E-state index contributed by atoms with van der Waals surface area (Å²) in [7, 11) is -4.77. The van der Waals surface area contributed by atoms with E-state index in [1.54, 1.807) is 37.4 Å². The van der Waals surface area contributed by atoms with E-state index in [2.05, 4.69) is 20.5 Å². The van der Waals surface area contributed by atoms with E-state index in [0.29, 0.717) is 28.5 Å². The van der Waals surface area contributed by atoms with Crippen LogP contribution in [0.1, 0.15) is 18.6 Å². The molecule has 3 N–H and O–H groups in total. The van der Waals surface area contributed by atoms with Gasteiger partial charge in [-0.1, -0.05) is 24.3 Å². The van der Waals surface area contributed by atoms with Crippen LogP contribution in [0, 0.1) is 5.82 Å². The number of H-pyrrole nitrogens is 1. The van der Waals surface area contributed by atoms with Crippen molar-refractivity contribution in [2.45, 2.75) is 19.2 Å². The summed E-state index contributed by atoms with van der Waals surface area (Å²) in [5.41, 5.74) is 1.41. The average molecular weight is 536 g/mol. The topological polar surface area (TPSA) is 109 Å². The van der Waals surface area contributed by atoms with Crippen LogP contribution in [-0.2, 0) is 10.0 Å². The van der Waals surface area contributed by atoms with E-state index in [9.17, 15) is 26.0 Å². The number of halogens is 4. The van der Waals surface area contributed by atoms with E-state index in [1.807, 2.05) is 4.72 Å². The molecule has 37 heavy (non-hydrogen) atoms. The van der Waals surface area contributed by atoms with Crippen LogP contribution in [0.3, 0.4) is 0 Å². The first kappa shape index (κ1) is 25.9. The van der Waals surface area contributed by atoms with Gasteiger partial charge < -0.3 is 10.1 Å². The van der Waals surface area contributed by atoms with Gasteiger partial charge in [-0.25, -0.2) is 17.8 Å². The van der Waals surface area contributed by atoms with Gasteiger partial charge in [-0.15, -0.1) is 0 Å². The molecule has 13 heteroatoms. The Kier molecular flexibility index (Phi) is 7.34. The Morgan fingerprint density at radius 1 is 1.03 bits per heavy atom. The molecule has 0 aliphatic rings. The van der Waals surface area contributed by atoms with Crippen molar-refractivity contribution in [2.24, 2.45) is 0 Å². The monoisotopic (exact) mass is 535 g/mol. The van der Waals surface area contributed by atoms with E-state index < -0.39 is 33.9 Å². The van der Waals surface area contributed by atoms with Crippen molar-refractivity contribution in [2.75, 3.05) is 15.8 Å². The molecule has 0 aliphatic carbocycles. The van der Waals surface area contributed by atoms with Gasteiger partial charge in [0.1, 0.15) is 23.5 Å². The molecule has 4 aromatic rings. The van der Waals surface area contributed by atoms with E-state index in [1.165, 1.54) is 42.5 Å². The van der Waals surface area contributed by atoms with E-state index in [4.69, 9.17) is 4.74 Å². The third-order valence-corrected chi connectivity index (χ3v) is 6.29. The van der Waals surface area contributed by atoms with Crippen LogP contribution >= 0.6 is 0 Å². The second-order valence-corrected chi connectivity index (χ2v) is 9.73. The van der Waals surface area contributed by atoms with Crippen LogP contribution in [0.15, 0.2) is 72.9 Å². The van der Waals surface area contributed by atoms with Gasteiger partial charge >= 0.3 is 6.18 Å². The molecule has 0 bridgehead atoms. The number of ether oxygens (including phenoxy) is 1. The summed E-state index contributed by atoms with van der Waals surface area (Å²) in [6.45, 7) is 1.64. The summed E-state index contributed by atoms with van der Waals surface area (Å²) in [4.78, 5) is 4.15. The summed E-state index contributed by atoms with van der Waals surface area (Å²) in [6, 6.07) is 16.7. The molecule has 2 aromatic heterocycles. The zero-order chi connectivity index (χ0) is 26.6. The predicted octanol–water partition coefficient (Wildman–Crippen LogP) is 5.80. The number of rotatable bonds is 9. The Hall–Kier alpha value is -4.13. The Bertz CT molecular complexity index is 1460. The summed E-state index contributed by atoms with van der Waals surface area (Å²) in [5.74, 6) is -1.53. The third-order valence-electron chi connectivity index (χ3n) is 5.05. The molecular weight excluding hydrogens is 514 g/mol. The fraction of sp³-hybridized carbons (Fsp3) is 0.167. The van der Waals surface area contributed by atoms with Crippen LogP contribution in [0.2, 0.25) is 0 Å². The number of pyridine rings is 1. The molecule has 0 aliphatic heterocycles. The number of hydrogen-bond donors (Lipinski definition) is 3. The van der Waals surface area contributed by atoms with Crippen LogP contribution in [0.4, 0.5) is 34.9 Å². The Morgan fingerprint density at radius 3 is 2.46 bits per heavy atom. The maximum absolute atomic E-state index is 13.3. The van der Waals surface area contributed by atoms with Crippen molar-refractivity contribution in [1.82, 2.24) is 15.2 Å². The number of nitrogens with one attached hydrogen (secondary N) is 3. The molecular formula is C24H21F4N5O3S. The van der Waals surface area contributed by atoms with Gasteiger partial charge in [0.2, 0.25) is 10.0 Å². The molecule has 0 saturated heterocycles. The quantitative estimate of drug-likeness (QED) is 0.234. The van der Waals surface area contributed by atoms with Crippen LogP contribution in [0.5, 0.6) is 5.75 Å². The van der Waals surface area contributed by atoms with E-state index in [0.717, 1.165) is 0 Å². The van der Waals surface area contributed by atoms with Crippen molar-refractivity contribution in [3.05, 3.63) is 84.3 Å². The van der Waals surface area contributed by atoms with Crippen molar-refractivity contribution in [3.8, 4) is 17.0 Å². The lowest BCUT2D eigenvalue weighted by atomic mass is 10.1. The molecule has 0 unspecified atom stereocenters. The molecule has 0 fully saturated rings. The zero-order valence-corrected chi connectivity index (χ0v) is 20.1. The lowest BCUT2D eigenvalue weighted by molar-refractivity contribution is -0.106. The largest absolute Gasteiger partial charge is 0.484 e. The minimum atomic E-state index is -4.93. The molecule has 1 atom stereocenters. The molecule has 2 heterocycles. The third kappa shape index (κ3) is 7.19. The summed E-state index contributed by atoms with van der Waals surface area (Å²) >= 11 is 0. The summed E-state index contributed by atoms with van der Waals surface area (Å²) in [6.07, 6.45) is -4.01. The average Bonchev–Trinajstić information content (AvgIpc) is 3.28. The molecule has 4 rings (SSSR count). The molecule has 8 nitrogen and oxygen atoms in total. The first-order chi connectivity index (χ1) is 17.5. The first-order valence-corrected chi connectivity index (χ1v) is 12.5. The maximum atomic E-state index is 13.3. The molecule has 0 amide bonds. The van der Waals surface area contributed by atoms with Crippen molar-refractivity contribution in [3.63, 3.8) is 0 Å². The molecule has 0 spiro atoms. The fourth-order valence-electron chi connectivity index (χ4n) is 3.38. The minimum absolute atomic E-state index is 0.0334. The lowest BCUT2D eigenvalue weighted by Gasteiger charge is -2.20. The Balaban J connectivity index is 1.64. The zero-order valence-electron chi connectivity index (χ0n) is 19.3. The predicted molar refractivity (Wildman–Crippen MR) is 130 cm³/mol. The van der Waals surface area contributed by atoms with Crippen molar-refractivity contribution in [1.29, 1.82) is 0 Å². The number of hydrogen-bond acceptors (Lipinski definition) is 6. The normalized spacial score (nSPS) is 12.7. The number of nitrogens with zero attached hydrogens (tertiary/aromatic N) is 2. The van der Waals surface area contributed by atoms with Gasteiger partial charge in [0, 0.05) is 17.8 Å². The number of aromatic nitrogens is 3. The van der Waals surface area contributed by atoms with Gasteiger partial charge in [0.25, 0.3) is 0 Å². The van der Waals surface area contributed by atoms with Gasteiger partial charge in [0.05, 0.1) is 11.4 Å². The number of sulfonamides is 1. The number of benzene rings is 2. The molecule has 0 saturated carbocycles. The summed E-state index contributed by atoms with van der Waals surface area (Å²) in [5, 5.41) is 10.0. The maximum Gasteiger partial charge on any atom is 0.404 e. The smallest absolute Gasteiger partial charge is 0.404 e. The van der Waals surface area contributed by atoms with E-state index in [-0.39, 0.29) is 11.4 Å². The van der Waals surface area contributed by atoms with Gasteiger partial charge in [-0.3, -0.25) is 9.82 Å². The van der Waals surface area contributed by atoms with Crippen molar-refractivity contribution >= 4 is 27.3 Å². The second kappa shape index (κ2) is 10.5. The Labute approximate surface area is 209 Å². The number of alkyl halides is 3. The van der Waals surface area contributed by atoms with Gasteiger partial charge in [-0.2, -0.15) is 18.3 Å². The van der Waals surface area contributed by atoms with Crippen LogP contribution < -0.4 is 14.8 Å². The molecule has 2 aromatic carbocycles. The molecule has 0 radical (unpaired) electrons. The Morgan fingerprint density at radius 2 is 1.78 bits per heavy atom. The first-order valence-electron chi connectivity index (χ1n) is 10.8. The minimum Gasteiger partial charge on any atom is -0.484 e. The SMILES string of the molecule is C[C@H](Oc1cc(-c2cc(Nc3ccccn3)n[nH]2)ccc1NS(=O)(=O)CC(F)(F)F)c1ccc(F)cc1. The highest BCUT2D eigenvalue weighted by Gasteiger charge is 2.35. The number of aromatic amines is 1. The lowest BCUT2D eigenvalue weighted by Crippen LogP contribution is -2.28. The van der Waals surface area contributed by atoms with Gasteiger partial charge in [0.15, 0.2) is 11.6 Å². The van der Waals surface area contributed by atoms with Crippen molar-refractivity contribution < 1.29 is 30.7 Å². The van der Waals surface area contributed by atoms with Crippen LogP contribution in [0.25, 0.3) is 11.3 Å². The highest BCUT2D eigenvalue weighted by atomic mass is 32.2. The van der Waals surface area contributed by atoms with E-state index >= 15 is 0 Å². The number of anilines is 3. The summed E-state index contributed by atoms with van der Waals surface area (Å²) < 4.78 is 83.7. The van der Waals surface area contributed by atoms with Gasteiger partial charge in [-0.05, 0) is 48.9 Å². The van der Waals surface area contributed by atoms with Crippen LogP contribution in [-0.4, -0.2) is 35.5 Å². The molecule has 194 valence electrons.